The zero-order valence-corrected chi connectivity index (χ0v) is 20.1. The Morgan fingerprint density at radius 1 is 1.06 bits per heavy atom. The minimum atomic E-state index is 0.0996. The maximum Gasteiger partial charge on any atom is 0.320 e. The van der Waals surface area contributed by atoms with Gasteiger partial charge in [-0.3, -0.25) is 0 Å². The summed E-state index contributed by atoms with van der Waals surface area (Å²) in [5, 5.41) is 0.862. The summed E-state index contributed by atoms with van der Waals surface area (Å²) in [5.41, 5.74) is 7.86. The lowest BCUT2D eigenvalue weighted by molar-refractivity contribution is 0.0438. The van der Waals surface area contributed by atoms with Crippen molar-refractivity contribution in [3.8, 4) is 11.5 Å². The molecule has 2 aromatic rings. The second-order valence-corrected chi connectivity index (χ2v) is 8.68. The molecular weight excluding hydrogens is 513 g/mol. The number of aromatic nitrogens is 1. The number of urea groups is 1. The van der Waals surface area contributed by atoms with E-state index in [4.69, 9.17) is 24.9 Å². The maximum absolute atomic E-state index is 12.9. The fourth-order valence-electron chi connectivity index (χ4n) is 4.12. The number of nitrogens with zero attached hydrogens (tertiary/aromatic N) is 4. The van der Waals surface area contributed by atoms with Crippen LogP contribution in [0.4, 0.5) is 16.3 Å². The summed E-state index contributed by atoms with van der Waals surface area (Å²) < 4.78 is 17.2. The number of nitrogen functional groups attached to an aromatic ring is 1. The number of hydrogen-bond donors (Lipinski definition) is 1. The molecule has 0 atom stereocenters. The molecular formula is C21H28IN5O4. The average Bonchev–Trinajstić information content (AvgIpc) is 3.05. The minimum Gasteiger partial charge on any atom is -0.493 e. The van der Waals surface area contributed by atoms with E-state index < -0.39 is 0 Å². The Morgan fingerprint density at radius 2 is 1.81 bits per heavy atom. The lowest BCUT2D eigenvalue weighted by Gasteiger charge is -2.32. The van der Waals surface area contributed by atoms with E-state index in [-0.39, 0.29) is 6.03 Å². The second kappa shape index (κ2) is 9.51. The summed E-state index contributed by atoms with van der Waals surface area (Å²) >= 11 is 2.22. The number of ether oxygens (including phenoxy) is 3. The van der Waals surface area contributed by atoms with Gasteiger partial charge in [-0.2, -0.15) is 0 Å². The first-order valence-corrected chi connectivity index (χ1v) is 11.5. The van der Waals surface area contributed by atoms with Crippen LogP contribution in [0.1, 0.15) is 6.42 Å². The van der Waals surface area contributed by atoms with Gasteiger partial charge in [0.15, 0.2) is 11.5 Å². The summed E-state index contributed by atoms with van der Waals surface area (Å²) in [7, 11) is 3.23. The molecule has 1 aromatic heterocycles. The van der Waals surface area contributed by atoms with Crippen molar-refractivity contribution < 1.29 is 19.0 Å². The van der Waals surface area contributed by atoms with Crippen molar-refractivity contribution >= 4 is 51.0 Å². The van der Waals surface area contributed by atoms with E-state index in [0.29, 0.717) is 56.6 Å². The van der Waals surface area contributed by atoms with Crippen LogP contribution in [0.5, 0.6) is 11.5 Å². The van der Waals surface area contributed by atoms with Crippen molar-refractivity contribution in [1.29, 1.82) is 0 Å². The fraction of sp³-hybridized carbons (Fsp3) is 0.524. The van der Waals surface area contributed by atoms with Crippen LogP contribution >= 0.6 is 22.6 Å². The standard InChI is InChI=1S/C21H28IN5O4/c1-29-16-13-15-18(19(22)20(16)30-2)14(23)12-17(24-15)25-4-3-5-26(7-6-25)21(28)27-8-10-31-11-9-27/h12-13H,3-11H2,1-2H3,(H2,23,24). The van der Waals surface area contributed by atoms with Gasteiger partial charge < -0.3 is 34.6 Å². The topological polar surface area (TPSA) is 93.4 Å². The van der Waals surface area contributed by atoms with Crippen LogP contribution in [0, 0.1) is 3.57 Å². The average molecular weight is 541 g/mol. The number of fused-ring (bicyclic) bond motifs is 1. The molecule has 2 amide bonds. The third-order valence-electron chi connectivity index (χ3n) is 5.77. The Kier molecular flexibility index (Phi) is 6.75. The first-order valence-electron chi connectivity index (χ1n) is 10.4. The third-order valence-corrected chi connectivity index (χ3v) is 6.80. The number of rotatable bonds is 3. The minimum absolute atomic E-state index is 0.0996. The van der Waals surface area contributed by atoms with E-state index in [1.165, 1.54) is 0 Å². The molecule has 0 aliphatic carbocycles. The SMILES string of the molecule is COc1cc2nc(N3CCCN(C(=O)N4CCOCC4)CC3)cc(N)c2c(I)c1OC. The lowest BCUT2D eigenvalue weighted by atomic mass is 10.1. The highest BCUT2D eigenvalue weighted by molar-refractivity contribution is 14.1. The summed E-state index contributed by atoms with van der Waals surface area (Å²) in [4.78, 5) is 23.8. The highest BCUT2D eigenvalue weighted by atomic mass is 127. The maximum atomic E-state index is 12.9. The Bertz CT molecular complexity index is 967. The number of methoxy groups -OCH3 is 2. The number of carbonyl (C=O) groups excluding carboxylic acids is 1. The molecule has 2 saturated heterocycles. The highest BCUT2D eigenvalue weighted by Crippen LogP contribution is 2.40. The highest BCUT2D eigenvalue weighted by Gasteiger charge is 2.26. The van der Waals surface area contributed by atoms with Crippen LogP contribution in [0.25, 0.3) is 10.9 Å². The Morgan fingerprint density at radius 3 is 2.52 bits per heavy atom. The van der Waals surface area contributed by atoms with Gasteiger partial charge in [0.25, 0.3) is 0 Å². The van der Waals surface area contributed by atoms with Crippen LogP contribution < -0.4 is 20.1 Å². The van der Waals surface area contributed by atoms with Gasteiger partial charge in [-0.15, -0.1) is 0 Å². The molecule has 2 fully saturated rings. The quantitative estimate of drug-likeness (QED) is 0.597. The second-order valence-electron chi connectivity index (χ2n) is 7.60. The number of anilines is 2. The number of morpholine rings is 1. The Balaban J connectivity index is 1.56. The van der Waals surface area contributed by atoms with E-state index in [9.17, 15) is 4.79 Å². The van der Waals surface area contributed by atoms with Crippen LogP contribution in [0.3, 0.4) is 0 Å². The van der Waals surface area contributed by atoms with E-state index in [0.717, 1.165) is 39.8 Å². The molecule has 0 radical (unpaired) electrons. The van der Waals surface area contributed by atoms with Gasteiger partial charge in [0.2, 0.25) is 0 Å². The van der Waals surface area contributed by atoms with Gasteiger partial charge in [0.05, 0.1) is 36.5 Å². The van der Waals surface area contributed by atoms with Crippen LogP contribution in [0.2, 0.25) is 0 Å². The first kappa shape index (κ1) is 22.0. The van der Waals surface area contributed by atoms with Gasteiger partial charge in [-0.1, -0.05) is 0 Å². The first-order chi connectivity index (χ1) is 15.0. The smallest absolute Gasteiger partial charge is 0.320 e. The van der Waals surface area contributed by atoms with Gasteiger partial charge in [0.1, 0.15) is 5.82 Å². The Labute approximate surface area is 195 Å². The number of halogens is 1. The predicted octanol–water partition coefficient (Wildman–Crippen LogP) is 2.40. The molecule has 0 unspecified atom stereocenters. The van der Waals surface area contributed by atoms with Crippen LogP contribution in [-0.4, -0.2) is 87.5 Å². The number of nitrogens with two attached hydrogens (primary N) is 1. The number of hydrogen-bond acceptors (Lipinski definition) is 7. The summed E-state index contributed by atoms with van der Waals surface area (Å²) in [6.07, 6.45) is 0.874. The van der Waals surface area contributed by atoms with Crippen molar-refractivity contribution in [2.24, 2.45) is 0 Å². The molecule has 0 bridgehead atoms. The third kappa shape index (κ3) is 4.40. The molecule has 10 heteroatoms. The van der Waals surface area contributed by atoms with Crippen LogP contribution in [-0.2, 0) is 4.74 Å². The van der Waals surface area contributed by atoms with Crippen molar-refractivity contribution in [3.05, 3.63) is 15.7 Å². The molecule has 1 aromatic carbocycles. The zero-order valence-electron chi connectivity index (χ0n) is 17.9. The number of benzene rings is 1. The number of amides is 2. The van der Waals surface area contributed by atoms with Crippen molar-refractivity contribution in [2.45, 2.75) is 6.42 Å². The summed E-state index contributed by atoms with van der Waals surface area (Å²) in [6.45, 7) is 5.45. The Hall–Kier alpha value is -2.21. The largest absolute Gasteiger partial charge is 0.493 e. The van der Waals surface area contributed by atoms with E-state index in [1.54, 1.807) is 14.2 Å². The molecule has 2 aliphatic rings. The molecule has 168 valence electrons. The summed E-state index contributed by atoms with van der Waals surface area (Å²) in [6, 6.07) is 3.88. The van der Waals surface area contributed by atoms with Gasteiger partial charge in [-0.05, 0) is 29.0 Å². The summed E-state index contributed by atoms with van der Waals surface area (Å²) in [5.74, 6) is 2.10. The van der Waals surface area contributed by atoms with Gasteiger partial charge in [0, 0.05) is 62.5 Å². The number of pyridine rings is 1. The molecule has 4 rings (SSSR count). The van der Waals surface area contributed by atoms with Crippen molar-refractivity contribution in [2.75, 3.05) is 77.3 Å². The lowest BCUT2D eigenvalue weighted by Crippen LogP contribution is -2.49. The predicted molar refractivity (Wildman–Crippen MR) is 128 cm³/mol. The molecule has 0 saturated carbocycles. The van der Waals surface area contributed by atoms with E-state index in [2.05, 4.69) is 27.5 Å². The van der Waals surface area contributed by atoms with Crippen molar-refractivity contribution in [3.63, 3.8) is 0 Å². The normalized spacial score (nSPS) is 17.6. The van der Waals surface area contributed by atoms with Crippen molar-refractivity contribution in [1.82, 2.24) is 14.8 Å². The zero-order chi connectivity index (χ0) is 22.0. The van der Waals surface area contributed by atoms with Gasteiger partial charge >= 0.3 is 6.03 Å². The molecule has 9 nitrogen and oxygen atoms in total. The van der Waals surface area contributed by atoms with E-state index >= 15 is 0 Å². The molecule has 31 heavy (non-hydrogen) atoms. The van der Waals surface area contributed by atoms with Crippen LogP contribution in [0.15, 0.2) is 12.1 Å². The molecule has 2 N–H and O–H groups in total. The number of carbonyl (C=O) groups is 1. The molecule has 2 aliphatic heterocycles. The fourth-order valence-corrected chi connectivity index (χ4v) is 5.20. The molecule has 0 spiro atoms. The molecule has 3 heterocycles. The monoisotopic (exact) mass is 541 g/mol. The van der Waals surface area contributed by atoms with E-state index in [1.807, 2.05) is 21.9 Å². The van der Waals surface area contributed by atoms with Gasteiger partial charge in [-0.25, -0.2) is 9.78 Å².